The molecule has 1 aromatic heterocycles. The molecule has 8 heteroatoms. The fourth-order valence-corrected chi connectivity index (χ4v) is 4.47. The molecule has 0 atom stereocenters. The molecular weight excluding hydrogens is 406 g/mol. The number of hydrogen-bond donors (Lipinski definition) is 0. The third kappa shape index (κ3) is 3.36. The maximum absolute atomic E-state index is 11.2. The molecule has 0 unspecified atom stereocenters. The van der Waals surface area contributed by atoms with E-state index in [1.54, 1.807) is 23.9 Å². The van der Waals surface area contributed by atoms with Gasteiger partial charge in [-0.1, -0.05) is 42.1 Å². The number of hydrogen-bond acceptors (Lipinski definition) is 6. The molecular formula is C21H16ClN5OS. The Hall–Kier alpha value is -2.90. The highest BCUT2D eigenvalue weighted by Gasteiger charge is 2.32. The molecule has 0 radical (unpaired) electrons. The average molecular weight is 422 g/mol. The van der Waals surface area contributed by atoms with Gasteiger partial charge in [0, 0.05) is 17.9 Å². The number of para-hydroxylation sites is 1. The molecule has 3 aromatic rings. The van der Waals surface area contributed by atoms with Gasteiger partial charge in [-0.3, -0.25) is 9.79 Å². The first kappa shape index (κ1) is 18.1. The lowest BCUT2D eigenvalue weighted by Gasteiger charge is -2.25. The first-order valence-corrected chi connectivity index (χ1v) is 10.5. The van der Waals surface area contributed by atoms with Crippen molar-refractivity contribution in [3.05, 3.63) is 77.5 Å². The van der Waals surface area contributed by atoms with Crippen LogP contribution in [0.5, 0.6) is 0 Å². The average Bonchev–Trinajstić information content (AvgIpc) is 3.40. The molecule has 0 aliphatic carbocycles. The molecule has 2 aromatic carbocycles. The van der Waals surface area contributed by atoms with Gasteiger partial charge in [0.2, 0.25) is 0 Å². The summed E-state index contributed by atoms with van der Waals surface area (Å²) in [5.74, 6) is 2.47. The van der Waals surface area contributed by atoms with E-state index in [4.69, 9.17) is 16.6 Å². The highest BCUT2D eigenvalue weighted by molar-refractivity contribution is 8.13. The van der Waals surface area contributed by atoms with Crippen LogP contribution in [0, 0.1) is 0 Å². The molecule has 6 nitrogen and oxygen atoms in total. The van der Waals surface area contributed by atoms with Gasteiger partial charge in [0.05, 0.1) is 24.0 Å². The summed E-state index contributed by atoms with van der Waals surface area (Å²) in [5, 5.41) is 5.02. The quantitative estimate of drug-likeness (QED) is 0.591. The molecule has 0 bridgehead atoms. The van der Waals surface area contributed by atoms with E-state index in [0.717, 1.165) is 52.5 Å². The maximum Gasteiger partial charge on any atom is 0.252 e. The Labute approximate surface area is 176 Å². The Kier molecular flexibility index (Phi) is 4.69. The predicted molar refractivity (Wildman–Crippen MR) is 117 cm³/mol. The fraction of sp³-hybridized carbons (Fsp3) is 0.143. The van der Waals surface area contributed by atoms with Crippen LogP contribution in [-0.2, 0) is 5.75 Å². The lowest BCUT2D eigenvalue weighted by molar-refractivity contribution is 0.108. The van der Waals surface area contributed by atoms with Crippen LogP contribution < -0.4 is 0 Å². The number of benzene rings is 2. The highest BCUT2D eigenvalue weighted by atomic mass is 35.5. The van der Waals surface area contributed by atoms with Crippen LogP contribution in [0.4, 0.5) is 5.82 Å². The van der Waals surface area contributed by atoms with E-state index in [2.05, 4.69) is 15.0 Å². The monoisotopic (exact) mass is 421 g/mol. The van der Waals surface area contributed by atoms with Crippen LogP contribution in [0.2, 0.25) is 0 Å². The second kappa shape index (κ2) is 7.50. The molecule has 0 fully saturated rings. The summed E-state index contributed by atoms with van der Waals surface area (Å²) < 4.78 is 1.86. The largest absolute Gasteiger partial charge is 0.303 e. The van der Waals surface area contributed by atoms with Crippen molar-refractivity contribution in [1.29, 1.82) is 0 Å². The molecule has 5 rings (SSSR count). The number of amidine groups is 2. The Balaban J connectivity index is 1.45. The second-order valence-electron chi connectivity index (χ2n) is 6.64. The molecule has 0 spiro atoms. The van der Waals surface area contributed by atoms with Crippen molar-refractivity contribution in [2.24, 2.45) is 9.98 Å². The summed E-state index contributed by atoms with van der Waals surface area (Å²) in [5.41, 5.74) is 3.52. The zero-order valence-electron chi connectivity index (χ0n) is 15.3. The van der Waals surface area contributed by atoms with Gasteiger partial charge in [0.25, 0.3) is 5.24 Å². The number of carbonyl (C=O) groups is 1. The lowest BCUT2D eigenvalue weighted by atomic mass is 10.2. The molecule has 0 amide bonds. The summed E-state index contributed by atoms with van der Waals surface area (Å²) in [6, 6.07) is 17.3. The molecule has 3 heterocycles. The van der Waals surface area contributed by atoms with Crippen LogP contribution >= 0.6 is 23.4 Å². The van der Waals surface area contributed by atoms with Crippen molar-refractivity contribution in [3.8, 4) is 5.69 Å². The number of nitrogens with zero attached hydrogens (tertiary/aromatic N) is 5. The van der Waals surface area contributed by atoms with Gasteiger partial charge in [-0.25, -0.2) is 9.67 Å². The smallest absolute Gasteiger partial charge is 0.252 e. The minimum absolute atomic E-state index is 0.444. The predicted octanol–water partition coefficient (Wildman–Crippen LogP) is 4.25. The van der Waals surface area contributed by atoms with Gasteiger partial charge >= 0.3 is 0 Å². The molecule has 144 valence electrons. The number of fused-ring (bicyclic) bond motifs is 3. The zero-order chi connectivity index (χ0) is 19.8. The molecule has 0 N–H and O–H groups in total. The maximum atomic E-state index is 11.2. The highest BCUT2D eigenvalue weighted by Crippen LogP contribution is 2.34. The van der Waals surface area contributed by atoms with Crippen molar-refractivity contribution in [1.82, 2.24) is 14.7 Å². The van der Waals surface area contributed by atoms with Gasteiger partial charge < -0.3 is 4.90 Å². The number of aliphatic imine (C=N–C) groups is 2. The van der Waals surface area contributed by atoms with Crippen LogP contribution in [0.1, 0.15) is 21.5 Å². The minimum atomic E-state index is -0.444. The van der Waals surface area contributed by atoms with Crippen molar-refractivity contribution in [2.75, 3.05) is 13.1 Å². The summed E-state index contributed by atoms with van der Waals surface area (Å²) in [6.45, 7) is 1.56. The Morgan fingerprint density at radius 3 is 2.66 bits per heavy atom. The van der Waals surface area contributed by atoms with Crippen LogP contribution in [0.25, 0.3) is 5.69 Å². The third-order valence-electron chi connectivity index (χ3n) is 4.81. The summed E-state index contributed by atoms with van der Waals surface area (Å²) >= 11 is 7.17. The van der Waals surface area contributed by atoms with E-state index >= 15 is 0 Å². The minimum Gasteiger partial charge on any atom is -0.303 e. The normalized spacial score (nSPS) is 14.9. The third-order valence-corrected chi connectivity index (χ3v) is 6.07. The van der Waals surface area contributed by atoms with E-state index in [9.17, 15) is 4.79 Å². The van der Waals surface area contributed by atoms with Gasteiger partial charge in [0.1, 0.15) is 5.84 Å². The topological polar surface area (TPSA) is 62.9 Å². The summed E-state index contributed by atoms with van der Waals surface area (Å²) in [6.07, 6.45) is 1.84. The molecule has 29 heavy (non-hydrogen) atoms. The number of thioether (sulfide) groups is 1. The van der Waals surface area contributed by atoms with E-state index < -0.39 is 5.24 Å². The van der Waals surface area contributed by atoms with Crippen LogP contribution in [-0.4, -0.2) is 44.0 Å². The molecule has 2 aliphatic rings. The van der Waals surface area contributed by atoms with Crippen molar-refractivity contribution < 1.29 is 4.79 Å². The Morgan fingerprint density at radius 2 is 1.90 bits per heavy atom. The van der Waals surface area contributed by atoms with Crippen molar-refractivity contribution >= 4 is 45.4 Å². The number of halogens is 1. The van der Waals surface area contributed by atoms with E-state index in [-0.39, 0.29) is 0 Å². The Bertz CT molecular complexity index is 1140. The number of carbonyl (C=O) groups excluding carboxylic acids is 1. The van der Waals surface area contributed by atoms with Gasteiger partial charge in [-0.2, -0.15) is 5.10 Å². The van der Waals surface area contributed by atoms with Crippen molar-refractivity contribution in [2.45, 2.75) is 5.75 Å². The van der Waals surface area contributed by atoms with E-state index in [1.807, 2.05) is 53.3 Å². The fourth-order valence-electron chi connectivity index (χ4n) is 3.37. The van der Waals surface area contributed by atoms with E-state index in [0.29, 0.717) is 5.56 Å². The SMILES string of the molecule is O=C(Cl)c1ccc(CSC2=Nc3c(cnn3-c3ccccc3)C3=NCCN23)cc1. The van der Waals surface area contributed by atoms with Gasteiger partial charge in [-0.15, -0.1) is 0 Å². The van der Waals surface area contributed by atoms with Gasteiger partial charge in [-0.05, 0) is 41.4 Å². The zero-order valence-corrected chi connectivity index (χ0v) is 16.9. The van der Waals surface area contributed by atoms with E-state index in [1.165, 1.54) is 0 Å². The summed E-state index contributed by atoms with van der Waals surface area (Å²) in [7, 11) is 0. The molecule has 2 aliphatic heterocycles. The lowest BCUT2D eigenvalue weighted by Crippen LogP contribution is -2.35. The van der Waals surface area contributed by atoms with Gasteiger partial charge in [0.15, 0.2) is 11.0 Å². The van der Waals surface area contributed by atoms with Crippen LogP contribution in [0.3, 0.4) is 0 Å². The number of rotatable bonds is 4. The molecule has 0 saturated heterocycles. The number of aromatic nitrogens is 2. The Morgan fingerprint density at radius 1 is 1.10 bits per heavy atom. The standard InChI is InChI=1S/C21H16ClN5OS/c22-18(28)15-8-6-14(7-9-15)13-29-21-25-20-17(19-23-10-11-26(19)21)12-24-27(20)16-4-2-1-3-5-16/h1-9,12H,10-11,13H2. The molecule has 0 saturated carbocycles. The summed E-state index contributed by atoms with van der Waals surface area (Å²) in [4.78, 5) is 23.0. The van der Waals surface area contributed by atoms with Crippen molar-refractivity contribution in [3.63, 3.8) is 0 Å². The first-order chi connectivity index (χ1) is 14.2. The second-order valence-corrected chi connectivity index (χ2v) is 7.93. The first-order valence-electron chi connectivity index (χ1n) is 9.17. The van der Waals surface area contributed by atoms with Crippen LogP contribution in [0.15, 0.2) is 70.8 Å².